The lowest BCUT2D eigenvalue weighted by molar-refractivity contribution is 0.345. The van der Waals surface area contributed by atoms with Crippen molar-refractivity contribution in [2.75, 3.05) is 32.1 Å². The number of likely N-dealkylation sites (tertiary alicyclic amines) is 1. The Hall–Kier alpha value is -1.85. The zero-order valence-corrected chi connectivity index (χ0v) is 16.5. The molecule has 5 heteroatoms. The maximum absolute atomic E-state index is 13.1. The Morgan fingerprint density at radius 2 is 1.69 bits per heavy atom. The highest BCUT2D eigenvalue weighted by Crippen LogP contribution is 2.45. The minimum absolute atomic E-state index is 0.376. The van der Waals surface area contributed by atoms with Gasteiger partial charge in [-0.3, -0.25) is 0 Å². The Balaban J connectivity index is 1.76. The summed E-state index contributed by atoms with van der Waals surface area (Å²) in [6, 6.07) is 13.3. The van der Waals surface area contributed by atoms with Crippen LogP contribution in [0.5, 0.6) is 0 Å². The van der Waals surface area contributed by atoms with Gasteiger partial charge in [-0.25, -0.2) is 8.42 Å². The monoisotopic (exact) mass is 370 g/mol. The van der Waals surface area contributed by atoms with Crippen LogP contribution in [0.1, 0.15) is 29.9 Å². The fourth-order valence-electron chi connectivity index (χ4n) is 4.46. The molecule has 4 nitrogen and oxygen atoms in total. The summed E-state index contributed by atoms with van der Waals surface area (Å²) in [5.41, 5.74) is 3.34. The normalized spacial score (nSPS) is 23.4. The Morgan fingerprint density at radius 3 is 2.46 bits per heavy atom. The molecule has 0 bridgehead atoms. The first kappa shape index (κ1) is 17.6. The van der Waals surface area contributed by atoms with E-state index in [-0.39, 0.29) is 0 Å². The molecule has 2 atom stereocenters. The van der Waals surface area contributed by atoms with Gasteiger partial charge in [-0.2, -0.15) is 0 Å². The van der Waals surface area contributed by atoms with Crippen molar-refractivity contribution in [3.05, 3.63) is 53.6 Å². The Morgan fingerprint density at radius 1 is 0.962 bits per heavy atom. The summed E-state index contributed by atoms with van der Waals surface area (Å²) in [7, 11) is 0.822. The highest BCUT2D eigenvalue weighted by atomic mass is 32.2. The summed E-state index contributed by atoms with van der Waals surface area (Å²) < 4.78 is 26.3. The SMILES string of the molecule is Cc1cccc(S(=O)(=O)c2ccc3c(c2)[C@H]2CCN(C)CC[C@@H]2N3C)c1. The van der Waals surface area contributed by atoms with Crippen LogP contribution >= 0.6 is 0 Å². The van der Waals surface area contributed by atoms with Gasteiger partial charge >= 0.3 is 0 Å². The number of rotatable bonds is 2. The molecule has 1 saturated heterocycles. The van der Waals surface area contributed by atoms with Crippen molar-refractivity contribution in [2.24, 2.45) is 0 Å². The van der Waals surface area contributed by atoms with Gasteiger partial charge < -0.3 is 9.80 Å². The fraction of sp³-hybridized carbons (Fsp3) is 0.429. The number of benzene rings is 2. The quantitative estimate of drug-likeness (QED) is 0.812. The van der Waals surface area contributed by atoms with Crippen molar-refractivity contribution in [1.82, 2.24) is 4.90 Å². The topological polar surface area (TPSA) is 40.6 Å². The van der Waals surface area contributed by atoms with Crippen molar-refractivity contribution >= 4 is 15.5 Å². The molecule has 0 spiro atoms. The molecular weight excluding hydrogens is 344 g/mol. The van der Waals surface area contributed by atoms with Gasteiger partial charge in [0.15, 0.2) is 0 Å². The van der Waals surface area contributed by atoms with Crippen molar-refractivity contribution < 1.29 is 8.42 Å². The van der Waals surface area contributed by atoms with Crippen LogP contribution in [0.15, 0.2) is 52.3 Å². The second-order valence-corrected chi connectivity index (χ2v) is 9.66. The van der Waals surface area contributed by atoms with Gasteiger partial charge in [0, 0.05) is 24.7 Å². The first-order valence-corrected chi connectivity index (χ1v) is 10.7. The van der Waals surface area contributed by atoms with E-state index in [9.17, 15) is 8.42 Å². The summed E-state index contributed by atoms with van der Waals surface area (Å²) in [5, 5.41) is 0. The molecule has 0 radical (unpaired) electrons. The van der Waals surface area contributed by atoms with E-state index in [0.29, 0.717) is 21.8 Å². The van der Waals surface area contributed by atoms with Crippen LogP contribution < -0.4 is 4.90 Å². The Kier molecular flexibility index (Phi) is 4.32. The minimum Gasteiger partial charge on any atom is -0.371 e. The van der Waals surface area contributed by atoms with E-state index >= 15 is 0 Å². The first-order valence-electron chi connectivity index (χ1n) is 9.25. The number of likely N-dealkylation sites (N-methyl/N-ethyl adjacent to an activating group) is 1. The molecule has 2 aromatic carbocycles. The zero-order chi connectivity index (χ0) is 18.5. The average Bonchev–Trinajstić information content (AvgIpc) is 2.75. The highest BCUT2D eigenvalue weighted by Gasteiger charge is 2.38. The molecule has 2 heterocycles. The smallest absolute Gasteiger partial charge is 0.206 e. The molecule has 138 valence electrons. The standard InChI is InChI=1S/C21H26N2O2S/c1-15-5-4-6-16(13-15)26(24,25)17-7-8-20-19(14-17)18-9-11-22(2)12-10-21(18)23(20)3/h4-8,13-14,18,21H,9-12H2,1-3H3/t18-,21+/m1/s1. The largest absolute Gasteiger partial charge is 0.371 e. The maximum Gasteiger partial charge on any atom is 0.206 e. The van der Waals surface area contributed by atoms with E-state index in [0.717, 1.165) is 31.5 Å². The third-order valence-corrected chi connectivity index (χ3v) is 7.73. The summed E-state index contributed by atoms with van der Waals surface area (Å²) in [5.74, 6) is 0.410. The van der Waals surface area contributed by atoms with E-state index in [4.69, 9.17) is 0 Å². The molecule has 0 unspecified atom stereocenters. The van der Waals surface area contributed by atoms with Crippen molar-refractivity contribution in [3.8, 4) is 0 Å². The van der Waals surface area contributed by atoms with Crippen LogP contribution in [0.2, 0.25) is 0 Å². The fourth-order valence-corrected chi connectivity index (χ4v) is 5.86. The van der Waals surface area contributed by atoms with Gasteiger partial charge in [0.25, 0.3) is 0 Å². The van der Waals surface area contributed by atoms with Crippen LogP contribution in [0.25, 0.3) is 0 Å². The van der Waals surface area contributed by atoms with Gasteiger partial charge in [-0.1, -0.05) is 12.1 Å². The van der Waals surface area contributed by atoms with Gasteiger partial charge in [-0.15, -0.1) is 0 Å². The summed E-state index contributed by atoms with van der Waals surface area (Å²) in [6.45, 7) is 4.07. The average molecular weight is 371 g/mol. The van der Waals surface area contributed by atoms with E-state index in [2.05, 4.69) is 23.9 Å². The van der Waals surface area contributed by atoms with E-state index in [1.807, 2.05) is 25.1 Å². The molecule has 0 saturated carbocycles. The molecule has 1 fully saturated rings. The lowest BCUT2D eigenvalue weighted by Crippen LogP contribution is -2.31. The summed E-state index contributed by atoms with van der Waals surface area (Å²) in [6.07, 6.45) is 2.19. The number of hydrogen-bond acceptors (Lipinski definition) is 4. The number of fused-ring (bicyclic) bond motifs is 3. The Bertz CT molecular complexity index is 939. The molecule has 2 aromatic rings. The van der Waals surface area contributed by atoms with Crippen LogP contribution in [-0.4, -0.2) is 46.5 Å². The predicted molar refractivity (Wildman–Crippen MR) is 105 cm³/mol. The number of aryl methyl sites for hydroxylation is 1. The van der Waals surface area contributed by atoms with Crippen LogP contribution in [0.4, 0.5) is 5.69 Å². The first-order chi connectivity index (χ1) is 12.4. The number of hydrogen-bond donors (Lipinski definition) is 0. The van der Waals surface area contributed by atoms with Crippen LogP contribution in [-0.2, 0) is 9.84 Å². The third-order valence-electron chi connectivity index (χ3n) is 5.98. The van der Waals surface area contributed by atoms with Crippen LogP contribution in [0.3, 0.4) is 0 Å². The van der Waals surface area contributed by atoms with Gasteiger partial charge in [0.2, 0.25) is 9.84 Å². The summed E-state index contributed by atoms with van der Waals surface area (Å²) >= 11 is 0. The lowest BCUT2D eigenvalue weighted by Gasteiger charge is -2.25. The predicted octanol–water partition coefficient (Wildman–Crippen LogP) is 3.46. The lowest BCUT2D eigenvalue weighted by atomic mass is 9.91. The second-order valence-electron chi connectivity index (χ2n) is 7.71. The van der Waals surface area contributed by atoms with Crippen molar-refractivity contribution in [1.29, 1.82) is 0 Å². The van der Waals surface area contributed by atoms with E-state index in [1.165, 1.54) is 11.3 Å². The second kappa shape index (κ2) is 6.39. The highest BCUT2D eigenvalue weighted by molar-refractivity contribution is 7.91. The minimum atomic E-state index is -3.49. The number of anilines is 1. The van der Waals surface area contributed by atoms with Crippen molar-refractivity contribution in [3.63, 3.8) is 0 Å². The van der Waals surface area contributed by atoms with E-state index in [1.54, 1.807) is 24.3 Å². The van der Waals surface area contributed by atoms with Gasteiger partial charge in [0.1, 0.15) is 0 Å². The zero-order valence-electron chi connectivity index (χ0n) is 15.6. The number of nitrogens with zero attached hydrogens (tertiary/aromatic N) is 2. The van der Waals surface area contributed by atoms with Crippen LogP contribution in [0, 0.1) is 6.92 Å². The third kappa shape index (κ3) is 2.83. The molecule has 26 heavy (non-hydrogen) atoms. The molecule has 0 aromatic heterocycles. The summed E-state index contributed by atoms with van der Waals surface area (Å²) in [4.78, 5) is 5.51. The molecule has 2 aliphatic rings. The van der Waals surface area contributed by atoms with Crippen molar-refractivity contribution in [2.45, 2.75) is 41.5 Å². The molecule has 2 aliphatic heterocycles. The molecule has 0 amide bonds. The molecule has 0 aliphatic carbocycles. The molecule has 4 rings (SSSR count). The molecule has 0 N–H and O–H groups in total. The maximum atomic E-state index is 13.1. The number of sulfone groups is 1. The van der Waals surface area contributed by atoms with Gasteiger partial charge in [0.05, 0.1) is 9.79 Å². The molecular formula is C21H26N2O2S. The van der Waals surface area contributed by atoms with E-state index < -0.39 is 9.84 Å². The van der Waals surface area contributed by atoms with Gasteiger partial charge in [-0.05, 0) is 81.4 Å². The Labute approximate surface area is 156 Å².